The van der Waals surface area contributed by atoms with Crippen LogP contribution in [0.3, 0.4) is 0 Å². The summed E-state index contributed by atoms with van der Waals surface area (Å²) in [7, 11) is 1.55. The Morgan fingerprint density at radius 2 is 2.11 bits per heavy atom. The number of amides is 1. The number of nitrogens with zero attached hydrogens (tertiary/aromatic N) is 4. The first-order valence-electron chi connectivity index (χ1n) is 11.6. The number of aromatic nitrogens is 4. The second kappa shape index (κ2) is 8.13. The standard InChI is InChI=1S/C26H24FN5O3/c1-3-32-11-18(24(31-32)16-6-4-5-7-19(16)27)23-17-8-21(22(34-2)9-20(17)28-14-29-23)30-25(33)26-10-15(26)12-35-13-26/h4-9,11,14-15H,3,10,12-13H2,1-2H3,(H,30,33). The minimum absolute atomic E-state index is 0.0677. The molecule has 1 aliphatic carbocycles. The van der Waals surface area contributed by atoms with Crippen LogP contribution in [-0.4, -0.2) is 46.0 Å². The third kappa shape index (κ3) is 3.46. The molecule has 0 spiro atoms. The number of ether oxygens (including phenoxy) is 2. The molecule has 2 aromatic carbocycles. The van der Waals surface area contributed by atoms with Crippen molar-refractivity contribution >= 4 is 22.5 Å². The Bertz CT molecular complexity index is 1470. The number of nitrogens with one attached hydrogen (secondary N) is 1. The molecule has 0 bridgehead atoms. The van der Waals surface area contributed by atoms with Crippen molar-refractivity contribution < 1.29 is 18.7 Å². The first-order chi connectivity index (χ1) is 17.0. The second-order valence-electron chi connectivity index (χ2n) is 9.05. The number of halogens is 1. The van der Waals surface area contributed by atoms with Gasteiger partial charge in [0.2, 0.25) is 5.91 Å². The van der Waals surface area contributed by atoms with Gasteiger partial charge in [0.25, 0.3) is 0 Å². The van der Waals surface area contributed by atoms with E-state index in [4.69, 9.17) is 9.47 Å². The normalized spacial score (nSPS) is 20.6. The van der Waals surface area contributed by atoms with Gasteiger partial charge in [-0.3, -0.25) is 9.48 Å². The minimum atomic E-state index is -0.448. The van der Waals surface area contributed by atoms with Crippen LogP contribution in [0.1, 0.15) is 13.3 Å². The Balaban J connectivity index is 1.49. The van der Waals surface area contributed by atoms with E-state index in [-0.39, 0.29) is 17.6 Å². The van der Waals surface area contributed by atoms with Crippen LogP contribution in [-0.2, 0) is 16.1 Å². The molecule has 1 saturated heterocycles. The molecule has 9 heteroatoms. The summed E-state index contributed by atoms with van der Waals surface area (Å²) in [5, 5.41) is 8.37. The van der Waals surface area contributed by atoms with E-state index in [1.807, 2.05) is 19.2 Å². The second-order valence-corrected chi connectivity index (χ2v) is 9.05. The van der Waals surface area contributed by atoms with Crippen LogP contribution in [0, 0.1) is 17.2 Å². The van der Waals surface area contributed by atoms with Gasteiger partial charge in [0.15, 0.2) is 0 Å². The summed E-state index contributed by atoms with van der Waals surface area (Å²) in [6.45, 7) is 3.65. The molecule has 1 N–H and O–H groups in total. The van der Waals surface area contributed by atoms with Crippen molar-refractivity contribution in [2.24, 2.45) is 11.3 Å². The van der Waals surface area contributed by atoms with Gasteiger partial charge in [0.05, 0.1) is 42.6 Å². The smallest absolute Gasteiger partial charge is 0.233 e. The summed E-state index contributed by atoms with van der Waals surface area (Å²) in [6, 6.07) is 10.1. The van der Waals surface area contributed by atoms with E-state index in [1.54, 1.807) is 36.1 Å². The number of carbonyl (C=O) groups excluding carboxylic acids is 1. The van der Waals surface area contributed by atoms with Gasteiger partial charge in [0, 0.05) is 41.2 Å². The molecule has 178 valence electrons. The Morgan fingerprint density at radius 3 is 2.83 bits per heavy atom. The van der Waals surface area contributed by atoms with Crippen molar-refractivity contribution in [1.82, 2.24) is 19.7 Å². The van der Waals surface area contributed by atoms with Crippen LogP contribution in [0.4, 0.5) is 10.1 Å². The number of hydrogen-bond donors (Lipinski definition) is 1. The Kier molecular flexibility index (Phi) is 5.03. The highest BCUT2D eigenvalue weighted by Gasteiger charge is 2.63. The van der Waals surface area contributed by atoms with Crippen molar-refractivity contribution in [1.29, 1.82) is 0 Å². The SMILES string of the molecule is CCn1cc(-c2ncnc3cc(OC)c(NC(=O)C45COCC4C5)cc23)c(-c2ccccc2F)n1. The van der Waals surface area contributed by atoms with Crippen molar-refractivity contribution in [2.75, 3.05) is 25.6 Å². The van der Waals surface area contributed by atoms with Crippen LogP contribution >= 0.6 is 0 Å². The minimum Gasteiger partial charge on any atom is -0.494 e. The molecule has 4 aromatic rings. The Labute approximate surface area is 201 Å². The highest BCUT2D eigenvalue weighted by atomic mass is 19.1. The van der Waals surface area contributed by atoms with E-state index in [9.17, 15) is 9.18 Å². The summed E-state index contributed by atoms with van der Waals surface area (Å²) in [4.78, 5) is 22.1. The zero-order valence-electron chi connectivity index (χ0n) is 19.4. The molecule has 8 nitrogen and oxygen atoms in total. The van der Waals surface area contributed by atoms with Gasteiger partial charge in [0.1, 0.15) is 23.6 Å². The van der Waals surface area contributed by atoms with E-state index in [0.717, 1.165) is 6.42 Å². The molecule has 35 heavy (non-hydrogen) atoms. The van der Waals surface area contributed by atoms with Crippen LogP contribution in [0.2, 0.25) is 0 Å². The summed E-state index contributed by atoms with van der Waals surface area (Å²) in [5.74, 6) is 0.347. The fourth-order valence-electron chi connectivity index (χ4n) is 4.92. The molecule has 0 radical (unpaired) electrons. The zero-order valence-corrected chi connectivity index (χ0v) is 19.4. The number of rotatable bonds is 6. The van der Waals surface area contributed by atoms with Crippen LogP contribution in [0.15, 0.2) is 48.9 Å². The Morgan fingerprint density at radius 1 is 1.26 bits per heavy atom. The summed E-state index contributed by atoms with van der Waals surface area (Å²) < 4.78 is 27.6. The van der Waals surface area contributed by atoms with Crippen molar-refractivity contribution in [3.63, 3.8) is 0 Å². The summed E-state index contributed by atoms with van der Waals surface area (Å²) >= 11 is 0. The van der Waals surface area contributed by atoms with Crippen LogP contribution in [0.5, 0.6) is 5.75 Å². The third-order valence-corrected chi connectivity index (χ3v) is 7.04. The highest BCUT2D eigenvalue weighted by Crippen LogP contribution is 2.57. The molecule has 2 unspecified atom stereocenters. The third-order valence-electron chi connectivity index (χ3n) is 7.04. The van der Waals surface area contributed by atoms with Gasteiger partial charge in [-0.1, -0.05) is 12.1 Å². The molecule has 6 rings (SSSR count). The lowest BCUT2D eigenvalue weighted by molar-refractivity contribution is -0.121. The first-order valence-corrected chi connectivity index (χ1v) is 11.6. The van der Waals surface area contributed by atoms with Crippen molar-refractivity contribution in [2.45, 2.75) is 19.9 Å². The average Bonchev–Trinajstić information content (AvgIpc) is 3.21. The van der Waals surface area contributed by atoms with E-state index >= 15 is 0 Å². The largest absolute Gasteiger partial charge is 0.494 e. The molecule has 2 aromatic heterocycles. The van der Waals surface area contributed by atoms with Crippen LogP contribution < -0.4 is 10.1 Å². The maximum absolute atomic E-state index is 14.7. The molecule has 1 saturated carbocycles. The maximum Gasteiger partial charge on any atom is 0.233 e. The topological polar surface area (TPSA) is 91.2 Å². The number of methoxy groups -OCH3 is 1. The first kappa shape index (κ1) is 21.7. The fraction of sp³-hybridized carbons (Fsp3) is 0.308. The number of fused-ring (bicyclic) bond motifs is 2. The molecule has 1 amide bonds. The van der Waals surface area contributed by atoms with E-state index in [1.165, 1.54) is 12.4 Å². The molecule has 2 aliphatic rings. The highest BCUT2D eigenvalue weighted by molar-refractivity contribution is 6.04. The molecular formula is C26H24FN5O3. The van der Waals surface area contributed by atoms with Gasteiger partial charge in [-0.05, 0) is 31.5 Å². The lowest BCUT2D eigenvalue weighted by Crippen LogP contribution is -2.27. The lowest BCUT2D eigenvalue weighted by atomic mass is 10.0. The fourth-order valence-corrected chi connectivity index (χ4v) is 4.92. The number of benzene rings is 2. The predicted molar refractivity (Wildman–Crippen MR) is 128 cm³/mol. The number of carbonyl (C=O) groups is 1. The molecular weight excluding hydrogens is 449 g/mol. The quantitative estimate of drug-likeness (QED) is 0.449. The van der Waals surface area contributed by atoms with Gasteiger partial charge < -0.3 is 14.8 Å². The van der Waals surface area contributed by atoms with E-state index < -0.39 is 5.41 Å². The number of hydrogen-bond acceptors (Lipinski definition) is 6. The molecule has 3 heterocycles. The van der Waals surface area contributed by atoms with Gasteiger partial charge in [-0.2, -0.15) is 5.10 Å². The van der Waals surface area contributed by atoms with E-state index in [2.05, 4.69) is 20.4 Å². The van der Waals surface area contributed by atoms with E-state index in [0.29, 0.717) is 64.6 Å². The van der Waals surface area contributed by atoms with Crippen molar-refractivity contribution in [3.8, 4) is 28.3 Å². The summed E-state index contributed by atoms with van der Waals surface area (Å²) in [5.41, 5.74) is 2.88. The van der Waals surface area contributed by atoms with Crippen molar-refractivity contribution in [3.05, 3.63) is 54.7 Å². The Hall–Kier alpha value is -3.85. The molecule has 2 atom stereocenters. The van der Waals surface area contributed by atoms with Gasteiger partial charge in [-0.25, -0.2) is 14.4 Å². The zero-order chi connectivity index (χ0) is 24.2. The van der Waals surface area contributed by atoms with Gasteiger partial charge >= 0.3 is 0 Å². The average molecular weight is 474 g/mol. The monoisotopic (exact) mass is 473 g/mol. The van der Waals surface area contributed by atoms with Gasteiger partial charge in [-0.15, -0.1) is 0 Å². The summed E-state index contributed by atoms with van der Waals surface area (Å²) in [6.07, 6.45) is 4.16. The predicted octanol–water partition coefficient (Wildman–Crippen LogP) is 4.30. The number of aryl methyl sites for hydroxylation is 1. The molecule has 1 aliphatic heterocycles. The maximum atomic E-state index is 14.7. The molecule has 2 fully saturated rings. The van der Waals surface area contributed by atoms with Crippen LogP contribution in [0.25, 0.3) is 33.4 Å². The lowest BCUT2D eigenvalue weighted by Gasteiger charge is -2.16. The number of anilines is 1.